The first-order chi connectivity index (χ1) is 0. The van der Waals surface area contributed by atoms with Crippen molar-refractivity contribution in [1.29, 1.82) is 0 Å². The molecule has 0 spiro atoms. The molecule has 0 heterocycles. The molecule has 4 heteroatoms. The van der Waals surface area contributed by atoms with Crippen LogP contribution in [0, 0.1) is 35.6 Å². The Balaban J connectivity index is 0. The van der Waals surface area contributed by atoms with Crippen LogP contribution in [0.1, 0.15) is 2.85 Å². The molecule has 0 aliphatic carbocycles. The summed E-state index contributed by atoms with van der Waals surface area (Å²) in [4.78, 5) is 0. The fourth-order valence-electron chi connectivity index (χ4n) is 0. The van der Waals surface area contributed by atoms with Gasteiger partial charge in [0.2, 0.25) is 0 Å². The van der Waals surface area contributed by atoms with Crippen molar-refractivity contribution in [3.05, 3.63) is 0 Å². The number of rotatable bonds is 0. The number of hydrogen-bond acceptors (Lipinski definition) is 0. The number of hydrogen-bond donors (Lipinski definition) is 0. The molecule has 0 bridgehead atoms. The maximum atomic E-state index is 0. The van der Waals surface area contributed by atoms with Crippen molar-refractivity contribution in [2.75, 3.05) is 0 Å². The fraction of sp³-hybridized carbons (Fsp3) is 0. The fourth-order valence-corrected chi connectivity index (χ4v) is 0. The van der Waals surface area contributed by atoms with Crippen molar-refractivity contribution in [2.45, 2.75) is 0 Å². The van der Waals surface area contributed by atoms with Crippen LogP contribution in [0.4, 0.5) is 0 Å². The summed E-state index contributed by atoms with van der Waals surface area (Å²) in [7, 11) is 0. The van der Waals surface area contributed by atoms with Gasteiger partial charge < -0.3 is 8.33 Å². The van der Waals surface area contributed by atoms with Crippen molar-refractivity contribution >= 4 is 48.9 Å². The molecule has 0 fully saturated rings. The topological polar surface area (TPSA) is 28.5 Å². The van der Waals surface area contributed by atoms with Gasteiger partial charge in [-0.1, -0.05) is 0 Å². The standard InChI is InChI=1S/Ba.Co.La.O.2H/q2*+2;;-2;2*-1. The summed E-state index contributed by atoms with van der Waals surface area (Å²) in [5, 5.41) is 0. The Hall–Kier alpha value is 3.23. The van der Waals surface area contributed by atoms with E-state index in [0.717, 1.165) is 0 Å². The molecule has 22 valence electrons. The average Bonchev–Trinajstić information content (AvgIpc) is 0. The molecule has 0 atom stereocenters. The van der Waals surface area contributed by atoms with E-state index < -0.39 is 0 Å². The van der Waals surface area contributed by atoms with Gasteiger partial charge in [0.1, 0.15) is 0 Å². The average molecular weight is 353 g/mol. The molecule has 4 heavy (non-hydrogen) atoms. The van der Waals surface area contributed by atoms with Crippen molar-refractivity contribution < 1.29 is 60.7 Å². The van der Waals surface area contributed by atoms with Gasteiger partial charge in [-0.15, -0.1) is 0 Å². The van der Waals surface area contributed by atoms with Gasteiger partial charge in [-0.3, -0.25) is 0 Å². The van der Waals surface area contributed by atoms with Gasteiger partial charge in [0.25, 0.3) is 0 Å². The van der Waals surface area contributed by atoms with Crippen LogP contribution in [0.5, 0.6) is 0 Å². The SMILES string of the molecule is [Ba+2].[Co+2].[H-].[H-].[La].[O-2]. The normalized spacial score (nSPS) is 0. The molecule has 0 unspecified atom stereocenters. The summed E-state index contributed by atoms with van der Waals surface area (Å²) in [5.74, 6) is 0. The first kappa shape index (κ1) is 26.9. The Kier molecular flexibility index (Phi) is 110. The Morgan fingerprint density at radius 1 is 1.25 bits per heavy atom. The van der Waals surface area contributed by atoms with Crippen molar-refractivity contribution in [3.8, 4) is 0 Å². The molecular weight excluding hydrogens is 351 g/mol. The van der Waals surface area contributed by atoms with Crippen molar-refractivity contribution in [1.82, 2.24) is 0 Å². The molecule has 1 nitrogen and oxygen atoms in total. The zero-order valence-electron chi connectivity index (χ0n) is 4.03. The second-order valence-corrected chi connectivity index (χ2v) is 0. The Morgan fingerprint density at radius 3 is 1.25 bits per heavy atom. The smallest absolute Gasteiger partial charge is 2.00 e. The van der Waals surface area contributed by atoms with Gasteiger partial charge in [-0.25, -0.2) is 0 Å². The van der Waals surface area contributed by atoms with Crippen LogP contribution >= 0.6 is 0 Å². The molecule has 0 N–H and O–H groups in total. The minimum Gasteiger partial charge on any atom is -2.00 e. The van der Waals surface area contributed by atoms with E-state index >= 15 is 0 Å². The molecule has 0 aromatic heterocycles. The summed E-state index contributed by atoms with van der Waals surface area (Å²) in [5.41, 5.74) is 0. The van der Waals surface area contributed by atoms with E-state index in [1.807, 2.05) is 0 Å². The summed E-state index contributed by atoms with van der Waals surface area (Å²) in [6.45, 7) is 0. The summed E-state index contributed by atoms with van der Waals surface area (Å²) in [6.07, 6.45) is 0. The van der Waals surface area contributed by atoms with E-state index in [1.165, 1.54) is 0 Å². The van der Waals surface area contributed by atoms with E-state index in [-0.39, 0.29) is 110 Å². The van der Waals surface area contributed by atoms with Crippen LogP contribution in [-0.4, -0.2) is 48.9 Å². The van der Waals surface area contributed by atoms with E-state index in [0.29, 0.717) is 0 Å². The molecular formula is H2BaCoLaO. The van der Waals surface area contributed by atoms with Crippen LogP contribution in [0.25, 0.3) is 0 Å². The summed E-state index contributed by atoms with van der Waals surface area (Å²) < 4.78 is 0. The zero-order valence-corrected chi connectivity index (χ0v) is 11.1. The Labute approximate surface area is 107 Å². The van der Waals surface area contributed by atoms with Crippen LogP contribution < -0.4 is 0 Å². The van der Waals surface area contributed by atoms with Crippen LogP contribution in [-0.2, 0) is 22.3 Å². The van der Waals surface area contributed by atoms with Gasteiger partial charge in [0.05, 0.1) is 0 Å². The third-order valence-corrected chi connectivity index (χ3v) is 0. The molecule has 0 saturated heterocycles. The van der Waals surface area contributed by atoms with Gasteiger partial charge in [-0.2, -0.15) is 0 Å². The zero-order chi connectivity index (χ0) is 0. The molecule has 0 aliphatic heterocycles. The summed E-state index contributed by atoms with van der Waals surface area (Å²) in [6, 6.07) is 0. The van der Waals surface area contributed by atoms with E-state index in [2.05, 4.69) is 0 Å². The molecule has 0 rings (SSSR count). The third-order valence-electron chi connectivity index (χ3n) is 0. The maximum absolute atomic E-state index is 0. The monoisotopic (exact) mass is 354 g/mol. The van der Waals surface area contributed by atoms with Crippen LogP contribution in [0.2, 0.25) is 0 Å². The minimum absolute atomic E-state index is 0. The van der Waals surface area contributed by atoms with Gasteiger partial charge in [0.15, 0.2) is 0 Å². The van der Waals surface area contributed by atoms with Crippen molar-refractivity contribution in [2.24, 2.45) is 0 Å². The molecule has 0 saturated carbocycles. The molecule has 0 amide bonds. The first-order valence-electron chi connectivity index (χ1n) is 0. The summed E-state index contributed by atoms with van der Waals surface area (Å²) >= 11 is 0. The molecule has 0 aliphatic rings. The maximum Gasteiger partial charge on any atom is 2.00 e. The van der Waals surface area contributed by atoms with E-state index in [4.69, 9.17) is 0 Å². The van der Waals surface area contributed by atoms with Gasteiger partial charge in [-0.05, 0) is 0 Å². The van der Waals surface area contributed by atoms with E-state index in [1.54, 1.807) is 0 Å². The first-order valence-corrected chi connectivity index (χ1v) is 0. The quantitative estimate of drug-likeness (QED) is 0.537. The Morgan fingerprint density at radius 2 is 1.25 bits per heavy atom. The third kappa shape index (κ3) is 8.97. The second kappa shape index (κ2) is 16.3. The Bertz CT molecular complexity index is 13.5. The molecule has 2 radical (unpaired) electrons. The van der Waals surface area contributed by atoms with Crippen LogP contribution in [0.3, 0.4) is 0 Å². The van der Waals surface area contributed by atoms with Crippen LogP contribution in [0.15, 0.2) is 0 Å². The predicted octanol–water partition coefficient (Wildman–Crippen LogP) is -0.277. The minimum atomic E-state index is 0. The van der Waals surface area contributed by atoms with Crippen molar-refractivity contribution in [3.63, 3.8) is 0 Å². The van der Waals surface area contributed by atoms with Gasteiger partial charge in [0, 0.05) is 35.6 Å². The second-order valence-electron chi connectivity index (χ2n) is 0. The molecule has 0 aromatic rings. The van der Waals surface area contributed by atoms with Gasteiger partial charge >= 0.3 is 65.7 Å². The largest absolute Gasteiger partial charge is 2.00 e. The van der Waals surface area contributed by atoms with E-state index in [9.17, 15) is 0 Å². The predicted molar refractivity (Wildman–Crippen MR) is 8.66 cm³/mol. The molecule has 0 aromatic carbocycles.